The first-order valence-corrected chi connectivity index (χ1v) is 11.7. The van der Waals surface area contributed by atoms with E-state index < -0.39 is 12.1 Å². The molecule has 0 rings (SSSR count). The van der Waals surface area contributed by atoms with Crippen LogP contribution in [0.4, 0.5) is 0 Å². The zero-order valence-electron chi connectivity index (χ0n) is 20.5. The van der Waals surface area contributed by atoms with Gasteiger partial charge in [-0.15, -0.1) is 0 Å². The highest BCUT2D eigenvalue weighted by Gasteiger charge is 2.24. The molecule has 32 heavy (non-hydrogen) atoms. The van der Waals surface area contributed by atoms with Gasteiger partial charge in [-0.2, -0.15) is 0 Å². The summed E-state index contributed by atoms with van der Waals surface area (Å²) in [5.41, 5.74) is 0. The molecule has 0 heterocycles. The lowest BCUT2D eigenvalue weighted by Crippen LogP contribution is -2.43. The second-order valence-corrected chi connectivity index (χ2v) is 8.78. The van der Waals surface area contributed by atoms with Gasteiger partial charge in [0.25, 0.3) is 0 Å². The molecule has 0 saturated heterocycles. The number of quaternary nitrogens is 1. The van der Waals surface area contributed by atoms with E-state index in [1.54, 1.807) is 0 Å². The Morgan fingerprint density at radius 1 is 0.812 bits per heavy atom. The summed E-state index contributed by atoms with van der Waals surface area (Å²) in [6, 6.07) is 0. The largest absolute Gasteiger partial charge is 0.481 e. The van der Waals surface area contributed by atoms with Crippen LogP contribution in [0, 0.1) is 0 Å². The van der Waals surface area contributed by atoms with Crippen LogP contribution < -0.4 is 0 Å². The molecule has 0 fully saturated rings. The highest BCUT2D eigenvalue weighted by molar-refractivity contribution is 5.71. The van der Waals surface area contributed by atoms with Gasteiger partial charge in [-0.25, -0.2) is 0 Å². The van der Waals surface area contributed by atoms with Crippen molar-refractivity contribution in [3.63, 3.8) is 0 Å². The third-order valence-corrected chi connectivity index (χ3v) is 4.36. The third-order valence-electron chi connectivity index (χ3n) is 4.36. The number of hydrogen-bond acceptors (Lipinski definition) is 3. The second kappa shape index (κ2) is 19.3. The molecule has 0 spiro atoms. The lowest BCUT2D eigenvalue weighted by molar-refractivity contribution is -0.873. The van der Waals surface area contributed by atoms with Gasteiger partial charge < -0.3 is 14.3 Å². The smallest absolute Gasteiger partial charge is 0.307 e. The van der Waals surface area contributed by atoms with Gasteiger partial charge in [0, 0.05) is 6.42 Å². The molecule has 0 radical (unpaired) electrons. The molecule has 180 valence electrons. The number of nitrogens with zero attached hydrogens (tertiary/aromatic N) is 1. The summed E-state index contributed by atoms with van der Waals surface area (Å²) in [5.74, 6) is -1.27. The molecule has 1 N–H and O–H groups in total. The van der Waals surface area contributed by atoms with Crippen LogP contribution >= 0.6 is 0 Å². The van der Waals surface area contributed by atoms with Gasteiger partial charge in [0.05, 0.1) is 27.6 Å². The fraction of sp³-hybridized carbons (Fsp3) is 0.556. The second-order valence-electron chi connectivity index (χ2n) is 8.78. The topological polar surface area (TPSA) is 63.6 Å². The first-order valence-electron chi connectivity index (χ1n) is 11.7. The van der Waals surface area contributed by atoms with Gasteiger partial charge >= 0.3 is 11.9 Å². The quantitative estimate of drug-likeness (QED) is 0.121. The van der Waals surface area contributed by atoms with E-state index in [4.69, 9.17) is 9.84 Å². The zero-order valence-corrected chi connectivity index (χ0v) is 20.5. The maximum Gasteiger partial charge on any atom is 0.307 e. The molecular weight excluding hydrogens is 402 g/mol. The Morgan fingerprint density at radius 2 is 1.28 bits per heavy atom. The molecule has 1 atom stereocenters. The van der Waals surface area contributed by atoms with E-state index in [-0.39, 0.29) is 12.4 Å². The van der Waals surface area contributed by atoms with Crippen molar-refractivity contribution >= 4 is 11.9 Å². The molecule has 0 aliphatic carbocycles. The van der Waals surface area contributed by atoms with Gasteiger partial charge in [0.1, 0.15) is 6.54 Å². The summed E-state index contributed by atoms with van der Waals surface area (Å²) in [5, 5.41) is 9.00. The number of unbranched alkanes of at least 4 members (excludes halogenated alkanes) is 1. The van der Waals surface area contributed by atoms with Crippen molar-refractivity contribution in [3.8, 4) is 0 Å². The summed E-state index contributed by atoms with van der Waals surface area (Å²) in [6.45, 7) is 2.62. The number of aliphatic carboxylic acids is 1. The molecule has 0 amide bonds. The lowest BCUT2D eigenvalue weighted by atomic mass is 10.2. The van der Waals surface area contributed by atoms with E-state index in [2.05, 4.69) is 67.7 Å². The Hall–Kier alpha value is -2.40. The van der Waals surface area contributed by atoms with E-state index >= 15 is 0 Å². The number of ether oxygens (including phenoxy) is 1. The van der Waals surface area contributed by atoms with E-state index in [0.29, 0.717) is 23.9 Å². The van der Waals surface area contributed by atoms with Gasteiger partial charge in [-0.05, 0) is 44.9 Å². The van der Waals surface area contributed by atoms with Crippen molar-refractivity contribution in [1.29, 1.82) is 0 Å². The fourth-order valence-corrected chi connectivity index (χ4v) is 2.93. The Bertz CT molecular complexity index is 651. The van der Waals surface area contributed by atoms with Gasteiger partial charge in [-0.1, -0.05) is 67.7 Å². The van der Waals surface area contributed by atoms with Gasteiger partial charge in [0.15, 0.2) is 6.10 Å². The number of carboxylic acid groups (broad SMARTS) is 1. The Balaban J connectivity index is 3.89. The van der Waals surface area contributed by atoms with Gasteiger partial charge in [0.2, 0.25) is 0 Å². The minimum atomic E-state index is -0.949. The molecule has 0 saturated carbocycles. The average Bonchev–Trinajstić information content (AvgIpc) is 2.68. The first kappa shape index (κ1) is 29.6. The van der Waals surface area contributed by atoms with Crippen molar-refractivity contribution in [2.45, 2.75) is 70.8 Å². The number of esters is 1. The number of rotatable bonds is 18. The van der Waals surface area contributed by atoms with Crippen LogP contribution in [0.15, 0.2) is 60.8 Å². The number of carboxylic acids is 1. The van der Waals surface area contributed by atoms with Crippen molar-refractivity contribution in [1.82, 2.24) is 0 Å². The minimum Gasteiger partial charge on any atom is -0.481 e. The monoisotopic (exact) mass is 446 g/mol. The predicted octanol–water partition coefficient (Wildman–Crippen LogP) is 6.00. The van der Waals surface area contributed by atoms with Crippen LogP contribution in [-0.4, -0.2) is 55.3 Å². The van der Waals surface area contributed by atoms with Crippen molar-refractivity contribution in [2.75, 3.05) is 27.7 Å². The maximum absolute atomic E-state index is 12.0. The summed E-state index contributed by atoms with van der Waals surface area (Å²) < 4.78 is 5.93. The van der Waals surface area contributed by atoms with E-state index in [1.165, 1.54) is 0 Å². The van der Waals surface area contributed by atoms with Crippen molar-refractivity contribution < 1.29 is 23.9 Å². The molecule has 0 aliphatic heterocycles. The first-order chi connectivity index (χ1) is 15.2. The summed E-state index contributed by atoms with van der Waals surface area (Å²) >= 11 is 0. The van der Waals surface area contributed by atoms with E-state index in [9.17, 15) is 9.59 Å². The Kier molecular flexibility index (Phi) is 17.9. The molecule has 0 aromatic heterocycles. The van der Waals surface area contributed by atoms with Crippen molar-refractivity contribution in [2.24, 2.45) is 0 Å². The van der Waals surface area contributed by atoms with Crippen LogP contribution in [0.3, 0.4) is 0 Å². The standard InChI is InChI=1S/C27H43NO4/c1-5-6-7-8-9-10-11-12-13-14-15-16-17-18-19-20-21-22-27(31)32-25(23-26(29)30)24-28(2,3)4/h6-7,9-10,12-13,15-16,18-19,25H,5,8,11,14,17,20-24H2,1-4H3/p+1/b7-6+,10-9+,13-12+,16-15+,19-18+/t25-/m1/s1. The minimum absolute atomic E-state index is 0.157. The molecule has 0 aromatic carbocycles. The lowest BCUT2D eigenvalue weighted by Gasteiger charge is -2.28. The molecule has 0 aliphatic rings. The molecular formula is C27H44NO4+. The molecule has 5 heteroatoms. The number of allylic oxidation sites excluding steroid dienone is 10. The molecule has 0 bridgehead atoms. The van der Waals surface area contributed by atoms with Crippen LogP contribution in [0.25, 0.3) is 0 Å². The van der Waals surface area contributed by atoms with Crippen LogP contribution in [-0.2, 0) is 14.3 Å². The van der Waals surface area contributed by atoms with Crippen molar-refractivity contribution in [3.05, 3.63) is 60.8 Å². The summed E-state index contributed by atoms with van der Waals surface area (Å²) in [7, 11) is 5.85. The van der Waals surface area contributed by atoms with E-state index in [1.807, 2.05) is 21.1 Å². The third kappa shape index (κ3) is 22.3. The summed E-state index contributed by atoms with van der Waals surface area (Å²) in [4.78, 5) is 23.0. The fourth-order valence-electron chi connectivity index (χ4n) is 2.93. The van der Waals surface area contributed by atoms with E-state index in [0.717, 1.165) is 38.5 Å². The number of likely N-dealkylation sites (N-methyl/N-ethyl adjacent to an activating group) is 1. The molecule has 0 unspecified atom stereocenters. The number of hydrogen-bond donors (Lipinski definition) is 1. The SMILES string of the molecule is CC/C=C/C/C=C/C/C=C/C/C=C/C/C=C/CCCC(=O)O[C@H](CC(=O)O)C[N+](C)(C)C. The highest BCUT2D eigenvalue weighted by Crippen LogP contribution is 2.08. The Morgan fingerprint density at radius 3 is 1.72 bits per heavy atom. The highest BCUT2D eigenvalue weighted by atomic mass is 16.5. The van der Waals surface area contributed by atoms with Crippen LogP contribution in [0.5, 0.6) is 0 Å². The number of carbonyl (C=O) groups excluding carboxylic acids is 1. The normalized spacial score (nSPS) is 13.9. The van der Waals surface area contributed by atoms with Crippen LogP contribution in [0.2, 0.25) is 0 Å². The Labute approximate surface area is 195 Å². The molecule has 0 aromatic rings. The molecule has 5 nitrogen and oxygen atoms in total. The predicted molar refractivity (Wildman–Crippen MR) is 133 cm³/mol. The average molecular weight is 447 g/mol. The zero-order chi connectivity index (χ0) is 24.1. The maximum atomic E-state index is 12.0. The van der Waals surface area contributed by atoms with Crippen LogP contribution in [0.1, 0.15) is 64.7 Å². The summed E-state index contributed by atoms with van der Waals surface area (Å²) in [6.07, 6.45) is 27.5. The number of carbonyl (C=O) groups is 2. The van der Waals surface area contributed by atoms with Gasteiger partial charge in [-0.3, -0.25) is 9.59 Å².